The molecule has 0 aliphatic rings. The van der Waals surface area contributed by atoms with Crippen molar-refractivity contribution in [2.45, 2.75) is 0 Å². The minimum absolute atomic E-state index is 0.581. The van der Waals surface area contributed by atoms with Crippen molar-refractivity contribution in [1.82, 2.24) is 19.5 Å². The second-order valence-corrected chi connectivity index (χ2v) is 13.6. The molecule has 0 saturated heterocycles. The van der Waals surface area contributed by atoms with Crippen LogP contribution in [0.3, 0.4) is 0 Å². The first kappa shape index (κ1) is 30.3. The Morgan fingerprint density at radius 2 is 0.981 bits per heavy atom. The predicted octanol–water partition coefficient (Wildman–Crippen LogP) is 12.7. The van der Waals surface area contributed by atoms with Gasteiger partial charge in [-0.25, -0.2) is 15.0 Å². The van der Waals surface area contributed by atoms with E-state index in [-0.39, 0.29) is 0 Å². The highest BCUT2D eigenvalue weighted by Crippen LogP contribution is 2.44. The van der Waals surface area contributed by atoms with Gasteiger partial charge in [0.1, 0.15) is 11.2 Å². The second-order valence-electron chi connectivity index (χ2n) is 13.6. The molecular weight excluding hydrogens is 661 g/mol. The Bertz CT molecular complexity index is 3220. The van der Waals surface area contributed by atoms with Crippen LogP contribution in [0.15, 0.2) is 186 Å². The molecule has 0 unspecified atom stereocenters. The van der Waals surface area contributed by atoms with Gasteiger partial charge in [0.15, 0.2) is 17.5 Å². The van der Waals surface area contributed by atoms with Crippen LogP contribution >= 0.6 is 0 Å². The van der Waals surface area contributed by atoms with Crippen molar-refractivity contribution in [1.29, 1.82) is 0 Å². The standard InChI is InChI=1S/C49H30N4O/c1-3-14-31(15-4-1)33-20-13-21-36(28-33)48-50-47(32-16-5-2-6-17-32)51-49(52-48)39-26-27-44-45(38-23-10-12-25-43(38)54-44)46(39)53-41-24-11-9-22-37(41)40-29-34-18-7-8-19-35(34)30-42(40)53/h1-30H. The average molecular weight is 691 g/mol. The number of hydrogen-bond acceptors (Lipinski definition) is 4. The molecule has 0 aliphatic carbocycles. The summed E-state index contributed by atoms with van der Waals surface area (Å²) in [6.45, 7) is 0. The Hall–Kier alpha value is -7.37. The SMILES string of the molecule is c1ccc(-c2cccc(-c3nc(-c4ccccc4)nc(-c4ccc5oc6ccccc6c5c4-n4c5ccccc5c5cc6ccccc6cc54)n3)c2)cc1. The summed E-state index contributed by atoms with van der Waals surface area (Å²) in [5.41, 5.74) is 9.73. The van der Waals surface area contributed by atoms with Crippen LogP contribution in [-0.4, -0.2) is 19.5 Å². The molecule has 0 fully saturated rings. The van der Waals surface area contributed by atoms with E-state index in [1.807, 2.05) is 36.4 Å². The second kappa shape index (κ2) is 12.1. The number of hydrogen-bond donors (Lipinski definition) is 0. The highest BCUT2D eigenvalue weighted by atomic mass is 16.3. The number of fused-ring (bicyclic) bond motifs is 7. The van der Waals surface area contributed by atoms with E-state index in [1.165, 1.54) is 21.5 Å². The van der Waals surface area contributed by atoms with E-state index in [2.05, 4.69) is 150 Å². The molecule has 0 radical (unpaired) electrons. The number of aromatic nitrogens is 4. The highest BCUT2D eigenvalue weighted by Gasteiger charge is 2.24. The topological polar surface area (TPSA) is 56.7 Å². The average Bonchev–Trinajstić information content (AvgIpc) is 3.78. The fraction of sp³-hybridized carbons (Fsp3) is 0. The summed E-state index contributed by atoms with van der Waals surface area (Å²) < 4.78 is 8.94. The highest BCUT2D eigenvalue weighted by molar-refractivity contribution is 6.18. The third kappa shape index (κ3) is 4.83. The number of furan rings is 1. The van der Waals surface area contributed by atoms with E-state index >= 15 is 0 Å². The maximum absolute atomic E-state index is 6.55. The molecular formula is C49H30N4O. The van der Waals surface area contributed by atoms with Gasteiger partial charge in [0.25, 0.3) is 0 Å². The van der Waals surface area contributed by atoms with E-state index < -0.39 is 0 Å². The third-order valence-electron chi connectivity index (χ3n) is 10.4. The molecule has 11 rings (SSSR count). The molecule has 252 valence electrons. The molecule has 0 bridgehead atoms. The Kier molecular flexibility index (Phi) is 6.79. The summed E-state index contributed by atoms with van der Waals surface area (Å²) >= 11 is 0. The number of benzene rings is 8. The van der Waals surface area contributed by atoms with Crippen molar-refractivity contribution in [2.24, 2.45) is 0 Å². The Morgan fingerprint density at radius 3 is 1.80 bits per heavy atom. The molecule has 0 spiro atoms. The van der Waals surface area contributed by atoms with Crippen molar-refractivity contribution >= 4 is 54.5 Å². The van der Waals surface area contributed by atoms with Crippen LogP contribution in [0.5, 0.6) is 0 Å². The lowest BCUT2D eigenvalue weighted by Gasteiger charge is -2.16. The summed E-state index contributed by atoms with van der Waals surface area (Å²) in [5.74, 6) is 1.79. The van der Waals surface area contributed by atoms with Gasteiger partial charge in [0, 0.05) is 32.8 Å². The summed E-state index contributed by atoms with van der Waals surface area (Å²) in [5, 5.41) is 6.77. The van der Waals surface area contributed by atoms with Gasteiger partial charge in [-0.05, 0) is 64.4 Å². The first-order valence-electron chi connectivity index (χ1n) is 18.1. The van der Waals surface area contributed by atoms with Crippen molar-refractivity contribution in [3.05, 3.63) is 182 Å². The molecule has 11 aromatic rings. The zero-order valence-corrected chi connectivity index (χ0v) is 29.0. The van der Waals surface area contributed by atoms with Crippen LogP contribution in [0, 0.1) is 0 Å². The van der Waals surface area contributed by atoms with Crippen molar-refractivity contribution < 1.29 is 4.42 Å². The van der Waals surface area contributed by atoms with Gasteiger partial charge in [0.05, 0.1) is 22.1 Å². The van der Waals surface area contributed by atoms with Gasteiger partial charge in [-0.15, -0.1) is 0 Å². The minimum Gasteiger partial charge on any atom is -0.456 e. The van der Waals surface area contributed by atoms with Crippen molar-refractivity contribution in [2.75, 3.05) is 0 Å². The molecule has 3 heterocycles. The quantitative estimate of drug-likeness (QED) is 0.180. The molecule has 0 N–H and O–H groups in total. The van der Waals surface area contributed by atoms with Crippen molar-refractivity contribution in [3.63, 3.8) is 0 Å². The Labute approximate surface area is 310 Å². The van der Waals surface area contributed by atoms with Gasteiger partial charge in [-0.3, -0.25) is 0 Å². The van der Waals surface area contributed by atoms with E-state index in [0.717, 1.165) is 66.5 Å². The Balaban J connectivity index is 1.26. The van der Waals surface area contributed by atoms with Crippen LogP contribution in [0.2, 0.25) is 0 Å². The van der Waals surface area contributed by atoms with Gasteiger partial charge < -0.3 is 8.98 Å². The number of rotatable bonds is 5. The first-order valence-corrected chi connectivity index (χ1v) is 18.1. The summed E-state index contributed by atoms with van der Waals surface area (Å²) in [7, 11) is 0. The van der Waals surface area contributed by atoms with Gasteiger partial charge in [-0.1, -0.05) is 140 Å². The molecule has 8 aromatic carbocycles. The third-order valence-corrected chi connectivity index (χ3v) is 10.4. The fourth-order valence-electron chi connectivity index (χ4n) is 7.92. The molecule has 5 nitrogen and oxygen atoms in total. The summed E-state index contributed by atoms with van der Waals surface area (Å²) in [6, 6.07) is 63.2. The van der Waals surface area contributed by atoms with Crippen LogP contribution in [-0.2, 0) is 0 Å². The van der Waals surface area contributed by atoms with Crippen LogP contribution < -0.4 is 0 Å². The fourth-order valence-corrected chi connectivity index (χ4v) is 7.92. The largest absolute Gasteiger partial charge is 0.456 e. The normalized spacial score (nSPS) is 11.7. The maximum atomic E-state index is 6.55. The van der Waals surface area contributed by atoms with Crippen LogP contribution in [0.1, 0.15) is 0 Å². The van der Waals surface area contributed by atoms with E-state index in [4.69, 9.17) is 19.4 Å². The van der Waals surface area contributed by atoms with Crippen LogP contribution in [0.4, 0.5) is 0 Å². The number of nitrogens with zero attached hydrogens (tertiary/aromatic N) is 4. The zero-order valence-electron chi connectivity index (χ0n) is 29.0. The summed E-state index contributed by atoms with van der Waals surface area (Å²) in [6.07, 6.45) is 0. The maximum Gasteiger partial charge on any atom is 0.166 e. The van der Waals surface area contributed by atoms with Crippen molar-refractivity contribution in [3.8, 4) is 51.0 Å². The Morgan fingerprint density at radius 1 is 0.370 bits per heavy atom. The monoisotopic (exact) mass is 690 g/mol. The lowest BCUT2D eigenvalue weighted by molar-refractivity contribution is 0.669. The molecule has 5 heteroatoms. The lowest BCUT2D eigenvalue weighted by atomic mass is 10.0. The van der Waals surface area contributed by atoms with Crippen LogP contribution in [0.25, 0.3) is 105 Å². The lowest BCUT2D eigenvalue weighted by Crippen LogP contribution is -2.04. The van der Waals surface area contributed by atoms with E-state index in [1.54, 1.807) is 0 Å². The molecule has 0 saturated carbocycles. The summed E-state index contributed by atoms with van der Waals surface area (Å²) in [4.78, 5) is 15.7. The van der Waals surface area contributed by atoms with Gasteiger partial charge in [0.2, 0.25) is 0 Å². The molecule has 0 atom stereocenters. The molecule has 0 amide bonds. The molecule has 3 aromatic heterocycles. The van der Waals surface area contributed by atoms with E-state index in [0.29, 0.717) is 17.5 Å². The smallest absolute Gasteiger partial charge is 0.166 e. The zero-order chi connectivity index (χ0) is 35.6. The minimum atomic E-state index is 0.581. The predicted molar refractivity (Wildman–Crippen MR) is 221 cm³/mol. The first-order chi connectivity index (χ1) is 26.8. The molecule has 0 aliphatic heterocycles. The number of para-hydroxylation sites is 2. The van der Waals surface area contributed by atoms with Gasteiger partial charge >= 0.3 is 0 Å². The molecule has 54 heavy (non-hydrogen) atoms. The van der Waals surface area contributed by atoms with E-state index in [9.17, 15) is 0 Å². The van der Waals surface area contributed by atoms with Gasteiger partial charge in [-0.2, -0.15) is 0 Å².